The van der Waals surface area contributed by atoms with Crippen LogP contribution in [0.4, 0.5) is 0 Å². The Morgan fingerprint density at radius 3 is 2.19 bits per heavy atom. The van der Waals surface area contributed by atoms with E-state index in [0.717, 1.165) is 21.8 Å². The SMILES string of the molecule is C=CCn1cc(C(=O)c2c(-c3ccccc3O)c3cc(OC)ccc3n2CC=C)c2cc(OC)ccc21. The van der Waals surface area contributed by atoms with Crippen LogP contribution in [0.2, 0.25) is 0 Å². The summed E-state index contributed by atoms with van der Waals surface area (Å²) in [4.78, 5) is 14.6. The summed E-state index contributed by atoms with van der Waals surface area (Å²) in [5.41, 5.74) is 3.96. The third-order valence-electron chi connectivity index (χ3n) is 6.63. The molecule has 5 aromatic rings. The highest BCUT2D eigenvalue weighted by Gasteiger charge is 2.28. The quantitative estimate of drug-likeness (QED) is 0.186. The van der Waals surface area contributed by atoms with Crippen LogP contribution in [-0.2, 0) is 13.1 Å². The summed E-state index contributed by atoms with van der Waals surface area (Å²) < 4.78 is 14.9. The molecule has 0 saturated carbocycles. The fraction of sp³-hybridized carbons (Fsp3) is 0.129. The Labute approximate surface area is 215 Å². The molecule has 0 aliphatic rings. The van der Waals surface area contributed by atoms with Crippen LogP contribution in [0.25, 0.3) is 32.9 Å². The molecule has 0 aliphatic heterocycles. The van der Waals surface area contributed by atoms with Crippen LogP contribution in [0.1, 0.15) is 16.1 Å². The molecule has 1 N–H and O–H groups in total. The van der Waals surface area contributed by atoms with Crippen molar-refractivity contribution < 1.29 is 19.4 Å². The number of hydrogen-bond acceptors (Lipinski definition) is 4. The number of rotatable bonds is 9. The molecule has 0 atom stereocenters. The maximum absolute atomic E-state index is 14.6. The van der Waals surface area contributed by atoms with E-state index in [1.54, 1.807) is 38.5 Å². The van der Waals surface area contributed by atoms with Gasteiger partial charge in [0.15, 0.2) is 0 Å². The second kappa shape index (κ2) is 9.74. The number of phenolic OH excluding ortho intramolecular Hbond substituents is 1. The second-order valence-corrected chi connectivity index (χ2v) is 8.72. The van der Waals surface area contributed by atoms with Gasteiger partial charge in [-0.3, -0.25) is 4.79 Å². The molecule has 6 heteroatoms. The normalized spacial score (nSPS) is 11.1. The lowest BCUT2D eigenvalue weighted by Crippen LogP contribution is -2.11. The second-order valence-electron chi connectivity index (χ2n) is 8.72. The minimum absolute atomic E-state index is 0.0905. The highest BCUT2D eigenvalue weighted by atomic mass is 16.5. The summed E-state index contributed by atoms with van der Waals surface area (Å²) in [6.45, 7) is 8.76. The van der Waals surface area contributed by atoms with Gasteiger partial charge in [-0.1, -0.05) is 30.4 Å². The van der Waals surface area contributed by atoms with Crippen LogP contribution in [-0.4, -0.2) is 34.2 Å². The number of benzene rings is 3. The minimum atomic E-state index is -0.170. The Balaban J connectivity index is 1.88. The third-order valence-corrected chi connectivity index (χ3v) is 6.63. The van der Waals surface area contributed by atoms with Gasteiger partial charge in [0.1, 0.15) is 17.2 Å². The molecule has 2 aromatic heterocycles. The summed E-state index contributed by atoms with van der Waals surface area (Å²) >= 11 is 0. The van der Waals surface area contributed by atoms with Crippen molar-refractivity contribution in [1.82, 2.24) is 9.13 Å². The number of fused-ring (bicyclic) bond motifs is 2. The number of ether oxygens (including phenoxy) is 2. The van der Waals surface area contributed by atoms with E-state index in [0.29, 0.717) is 47.0 Å². The standard InChI is InChI=1S/C31H28N2O4/c1-5-15-32-19-25(23-17-20(36-3)11-13-26(23)32)31(35)30-29(22-9-7-8-10-28(22)34)24-18-21(37-4)12-14-27(24)33(30)16-6-2/h5-14,17-19,34H,1-2,15-16H2,3-4H3. The van der Waals surface area contributed by atoms with Crippen LogP contribution >= 0.6 is 0 Å². The van der Waals surface area contributed by atoms with Crippen molar-refractivity contribution in [1.29, 1.82) is 0 Å². The number of aromatic nitrogens is 2. The summed E-state index contributed by atoms with van der Waals surface area (Å²) in [6, 6.07) is 18.5. The highest BCUT2D eigenvalue weighted by molar-refractivity contribution is 6.22. The number of nitrogens with zero attached hydrogens (tertiary/aromatic N) is 2. The topological polar surface area (TPSA) is 65.6 Å². The molecule has 0 radical (unpaired) electrons. The largest absolute Gasteiger partial charge is 0.507 e. The minimum Gasteiger partial charge on any atom is -0.507 e. The fourth-order valence-electron chi connectivity index (χ4n) is 4.98. The van der Waals surface area contributed by atoms with Gasteiger partial charge in [-0.2, -0.15) is 0 Å². The van der Waals surface area contributed by atoms with Gasteiger partial charge >= 0.3 is 0 Å². The number of allylic oxidation sites excluding steroid dienone is 2. The molecule has 3 aromatic carbocycles. The van der Waals surface area contributed by atoms with E-state index in [1.807, 2.05) is 63.9 Å². The maximum atomic E-state index is 14.6. The van der Waals surface area contributed by atoms with Crippen LogP contribution in [0.15, 0.2) is 92.2 Å². The van der Waals surface area contributed by atoms with E-state index in [9.17, 15) is 9.90 Å². The maximum Gasteiger partial charge on any atom is 0.212 e. The van der Waals surface area contributed by atoms with Crippen molar-refractivity contribution >= 4 is 27.6 Å². The predicted molar refractivity (Wildman–Crippen MR) is 148 cm³/mol. The average molecular weight is 493 g/mol. The molecule has 37 heavy (non-hydrogen) atoms. The number of para-hydroxylation sites is 1. The van der Waals surface area contributed by atoms with Gasteiger partial charge in [-0.05, 0) is 42.5 Å². The first kappa shape index (κ1) is 24.0. The van der Waals surface area contributed by atoms with Gasteiger partial charge in [0.2, 0.25) is 5.78 Å². The molecule has 0 amide bonds. The average Bonchev–Trinajstić information content (AvgIpc) is 3.44. The summed E-state index contributed by atoms with van der Waals surface area (Å²) in [6.07, 6.45) is 5.42. The summed E-state index contributed by atoms with van der Waals surface area (Å²) in [5.74, 6) is 1.24. The number of ketones is 1. The number of methoxy groups -OCH3 is 2. The van der Waals surface area contributed by atoms with Gasteiger partial charge in [0.05, 0.1) is 19.9 Å². The lowest BCUT2D eigenvalue weighted by Gasteiger charge is -2.11. The molecule has 0 fully saturated rings. The van der Waals surface area contributed by atoms with Gasteiger partial charge in [0.25, 0.3) is 0 Å². The molecular weight excluding hydrogens is 464 g/mol. The molecule has 0 aliphatic carbocycles. The van der Waals surface area contributed by atoms with Crippen LogP contribution in [0.3, 0.4) is 0 Å². The smallest absolute Gasteiger partial charge is 0.212 e. The van der Waals surface area contributed by atoms with Gasteiger partial charge < -0.3 is 23.7 Å². The highest BCUT2D eigenvalue weighted by Crippen LogP contribution is 2.42. The summed E-state index contributed by atoms with van der Waals surface area (Å²) in [7, 11) is 3.21. The molecule has 0 bridgehead atoms. The van der Waals surface area contributed by atoms with Crippen molar-refractivity contribution in [2.24, 2.45) is 0 Å². The lowest BCUT2D eigenvalue weighted by molar-refractivity contribution is 0.103. The zero-order chi connectivity index (χ0) is 26.1. The molecule has 186 valence electrons. The Morgan fingerprint density at radius 2 is 1.54 bits per heavy atom. The van der Waals surface area contributed by atoms with Crippen molar-refractivity contribution in [3.8, 4) is 28.4 Å². The van der Waals surface area contributed by atoms with Gasteiger partial charge in [-0.25, -0.2) is 0 Å². The summed E-state index contributed by atoms with van der Waals surface area (Å²) in [5, 5.41) is 12.5. The fourth-order valence-corrected chi connectivity index (χ4v) is 4.98. The molecule has 0 spiro atoms. The zero-order valence-corrected chi connectivity index (χ0v) is 20.9. The monoisotopic (exact) mass is 492 g/mol. The van der Waals surface area contributed by atoms with Crippen LogP contribution < -0.4 is 9.47 Å². The molecule has 2 heterocycles. The lowest BCUT2D eigenvalue weighted by atomic mass is 9.96. The van der Waals surface area contributed by atoms with Crippen molar-refractivity contribution in [2.75, 3.05) is 14.2 Å². The first-order valence-electron chi connectivity index (χ1n) is 11.9. The van der Waals surface area contributed by atoms with Crippen LogP contribution in [0.5, 0.6) is 17.2 Å². The first-order chi connectivity index (χ1) is 18.0. The Kier molecular flexibility index (Phi) is 6.32. The van der Waals surface area contributed by atoms with E-state index >= 15 is 0 Å². The van der Waals surface area contributed by atoms with Crippen molar-refractivity contribution in [3.05, 3.63) is 103 Å². The number of carbonyl (C=O) groups is 1. The molecule has 6 nitrogen and oxygen atoms in total. The Morgan fingerprint density at radius 1 is 0.892 bits per heavy atom. The van der Waals surface area contributed by atoms with Gasteiger partial charge in [-0.15, -0.1) is 13.2 Å². The Hall–Kier alpha value is -4.71. The number of hydrogen-bond donors (Lipinski definition) is 1. The Bertz CT molecular complexity index is 1670. The van der Waals surface area contributed by atoms with Gasteiger partial charge in [0, 0.05) is 57.8 Å². The third kappa shape index (κ3) is 3.96. The predicted octanol–water partition coefficient (Wildman–Crippen LogP) is 6.59. The van der Waals surface area contributed by atoms with E-state index in [1.165, 1.54) is 0 Å². The number of carbonyl (C=O) groups excluding carboxylic acids is 1. The van der Waals surface area contributed by atoms with E-state index in [2.05, 4.69) is 13.2 Å². The zero-order valence-electron chi connectivity index (χ0n) is 20.9. The van der Waals surface area contributed by atoms with Crippen molar-refractivity contribution in [3.63, 3.8) is 0 Å². The van der Waals surface area contributed by atoms with E-state index in [4.69, 9.17) is 9.47 Å². The van der Waals surface area contributed by atoms with Crippen molar-refractivity contribution in [2.45, 2.75) is 13.1 Å². The number of phenols is 1. The molecule has 0 saturated heterocycles. The van der Waals surface area contributed by atoms with E-state index in [-0.39, 0.29) is 11.5 Å². The first-order valence-corrected chi connectivity index (χ1v) is 11.9. The van der Waals surface area contributed by atoms with Crippen LogP contribution in [0, 0.1) is 0 Å². The number of aromatic hydroxyl groups is 1. The van der Waals surface area contributed by atoms with E-state index < -0.39 is 0 Å². The molecule has 5 rings (SSSR count). The molecule has 0 unspecified atom stereocenters. The molecular formula is C31H28N2O4.